The van der Waals surface area contributed by atoms with E-state index in [1.54, 1.807) is 25.7 Å². The monoisotopic (exact) mass is 507 g/mol. The number of carbonyl (C=O) groups excluding carboxylic acids is 2. The lowest BCUT2D eigenvalue weighted by atomic mass is 9.92. The number of hydrogen-bond donors (Lipinski definition) is 3. The fraction of sp³-hybridized carbons (Fsp3) is 0.360. The molecule has 0 fully saturated rings. The van der Waals surface area contributed by atoms with Crippen molar-refractivity contribution in [2.45, 2.75) is 38.6 Å². The lowest BCUT2D eigenvalue weighted by Gasteiger charge is -2.43. The first kappa shape index (κ1) is 25.3. The normalized spacial score (nSPS) is 17.3. The largest absolute Gasteiger partial charge is 0.507 e. The Kier molecular flexibility index (Phi) is 6.36. The van der Waals surface area contributed by atoms with Gasteiger partial charge in [-0.15, -0.1) is 0 Å². The van der Waals surface area contributed by atoms with E-state index < -0.39 is 53.4 Å². The molecule has 0 aromatic heterocycles. The van der Waals surface area contributed by atoms with Gasteiger partial charge in [0.25, 0.3) is 5.91 Å². The highest BCUT2D eigenvalue weighted by Gasteiger charge is 2.38. The van der Waals surface area contributed by atoms with Crippen LogP contribution in [0.3, 0.4) is 0 Å². The van der Waals surface area contributed by atoms with E-state index in [0.717, 1.165) is 18.2 Å². The average molecular weight is 507 g/mol. The van der Waals surface area contributed by atoms with Gasteiger partial charge in [0.2, 0.25) is 0 Å². The summed E-state index contributed by atoms with van der Waals surface area (Å²) in [5.74, 6) is -2.52. The summed E-state index contributed by atoms with van der Waals surface area (Å²) in [7, 11) is 0. The third-order valence-electron chi connectivity index (χ3n) is 5.80. The molecule has 2 heterocycles. The number of anilines is 2. The number of benzene rings is 2. The zero-order valence-electron chi connectivity index (χ0n) is 19.8. The molecule has 4 rings (SSSR count). The molecule has 2 aliphatic heterocycles. The van der Waals surface area contributed by atoms with Crippen molar-refractivity contribution in [1.29, 1.82) is 0 Å². The summed E-state index contributed by atoms with van der Waals surface area (Å²) in [5, 5.41) is 16.3. The minimum absolute atomic E-state index is 0.0581. The molecule has 0 spiro atoms. The van der Waals surface area contributed by atoms with Crippen molar-refractivity contribution in [2.75, 3.05) is 29.9 Å². The van der Waals surface area contributed by atoms with Crippen molar-refractivity contribution in [3.63, 3.8) is 0 Å². The third-order valence-corrected chi connectivity index (χ3v) is 5.80. The molecule has 2 aliphatic rings. The number of aliphatic hydroxyl groups is 1. The summed E-state index contributed by atoms with van der Waals surface area (Å²) < 4.78 is 58.6. The molecule has 11 heteroatoms. The molecule has 1 amide bonds. The number of ether oxygens (including phenoxy) is 1. The Morgan fingerprint density at radius 3 is 2.44 bits per heavy atom. The van der Waals surface area contributed by atoms with E-state index in [1.165, 1.54) is 18.2 Å². The number of aliphatic hydroxyl groups excluding tert-OH is 1. The number of alkyl halides is 3. The van der Waals surface area contributed by atoms with E-state index in [1.807, 2.05) is 0 Å². The second kappa shape index (κ2) is 9.03. The van der Waals surface area contributed by atoms with Crippen molar-refractivity contribution in [3.05, 3.63) is 64.5 Å². The van der Waals surface area contributed by atoms with Crippen LogP contribution in [0, 0.1) is 5.82 Å². The first-order valence-electron chi connectivity index (χ1n) is 11.2. The highest BCUT2D eigenvalue weighted by Crippen LogP contribution is 2.46. The molecule has 2 aromatic rings. The molecule has 0 saturated carbocycles. The molecule has 192 valence electrons. The molecule has 0 saturated heterocycles. The number of rotatable bonds is 4. The van der Waals surface area contributed by atoms with Crippen molar-refractivity contribution in [2.24, 2.45) is 0 Å². The minimum atomic E-state index is -4.49. The number of halogens is 4. The van der Waals surface area contributed by atoms with Crippen LogP contribution in [0.15, 0.2) is 42.0 Å². The SMILES string of the molecule is CC(C)(C)OC(=O)CNC(=O)C1=C(O)c2cc(F)cc3c2N(C1)C(c1ccc(C(F)(F)F)cc1)CN3. The molecule has 0 bridgehead atoms. The van der Waals surface area contributed by atoms with Gasteiger partial charge in [-0.05, 0) is 50.6 Å². The summed E-state index contributed by atoms with van der Waals surface area (Å²) in [6.07, 6.45) is -4.49. The maximum atomic E-state index is 14.3. The molecular weight excluding hydrogens is 482 g/mol. The molecular formula is C25H25F4N3O4. The molecule has 1 atom stereocenters. The molecule has 0 radical (unpaired) electrons. The zero-order chi connectivity index (χ0) is 26.4. The predicted octanol–water partition coefficient (Wildman–Crippen LogP) is 4.56. The van der Waals surface area contributed by atoms with Gasteiger partial charge >= 0.3 is 12.1 Å². The highest BCUT2D eigenvalue weighted by atomic mass is 19.4. The van der Waals surface area contributed by atoms with Crippen LogP contribution in [0.2, 0.25) is 0 Å². The molecule has 0 aliphatic carbocycles. The first-order chi connectivity index (χ1) is 16.7. The van der Waals surface area contributed by atoms with Crippen LogP contribution in [-0.4, -0.2) is 42.2 Å². The summed E-state index contributed by atoms with van der Waals surface area (Å²) >= 11 is 0. The van der Waals surface area contributed by atoms with Crippen LogP contribution in [0.25, 0.3) is 5.76 Å². The summed E-state index contributed by atoms with van der Waals surface area (Å²) in [6, 6.07) is 6.46. The number of hydrogen-bond acceptors (Lipinski definition) is 6. The molecule has 3 N–H and O–H groups in total. The lowest BCUT2D eigenvalue weighted by molar-refractivity contribution is -0.154. The summed E-state index contributed by atoms with van der Waals surface area (Å²) in [4.78, 5) is 26.7. The van der Waals surface area contributed by atoms with Gasteiger partial charge in [-0.3, -0.25) is 9.59 Å². The van der Waals surface area contributed by atoms with Crippen molar-refractivity contribution >= 4 is 29.0 Å². The van der Waals surface area contributed by atoms with Gasteiger partial charge in [0.15, 0.2) is 0 Å². The topological polar surface area (TPSA) is 90.9 Å². The molecule has 1 unspecified atom stereocenters. The third kappa shape index (κ3) is 5.09. The second-order valence-corrected chi connectivity index (χ2v) is 9.59. The Bertz CT molecular complexity index is 1230. The molecule has 2 aromatic carbocycles. The average Bonchev–Trinajstić information content (AvgIpc) is 2.77. The standard InChI is InChI=1S/C25H25F4N3O4/c1-24(2,3)36-20(33)11-31-23(35)17-12-32-19(13-4-6-14(7-5-13)25(27,28)29)10-30-18-9-15(26)8-16(21(18)32)22(17)34/h4-9,19,30,34H,10-12H2,1-3H3,(H,31,35). The van der Waals surface area contributed by atoms with Crippen LogP contribution < -0.4 is 15.5 Å². The van der Waals surface area contributed by atoms with Crippen molar-refractivity contribution in [3.8, 4) is 0 Å². The molecule has 7 nitrogen and oxygen atoms in total. The number of nitrogens with one attached hydrogen (secondary N) is 2. The van der Waals surface area contributed by atoms with Gasteiger partial charge in [0, 0.05) is 12.1 Å². The van der Waals surface area contributed by atoms with Crippen molar-refractivity contribution < 1.29 is 37.0 Å². The number of carbonyl (C=O) groups is 2. The van der Waals surface area contributed by atoms with Gasteiger partial charge < -0.3 is 25.4 Å². The Balaban J connectivity index is 1.66. The summed E-state index contributed by atoms with van der Waals surface area (Å²) in [6.45, 7) is 4.68. The Morgan fingerprint density at radius 2 is 1.83 bits per heavy atom. The van der Waals surface area contributed by atoms with Crippen LogP contribution in [0.4, 0.5) is 28.9 Å². The Hall–Kier alpha value is -3.76. The van der Waals surface area contributed by atoms with E-state index >= 15 is 0 Å². The second-order valence-electron chi connectivity index (χ2n) is 9.59. The van der Waals surface area contributed by atoms with E-state index in [4.69, 9.17) is 4.74 Å². The lowest BCUT2D eigenvalue weighted by Crippen LogP contribution is -2.44. The van der Waals surface area contributed by atoms with Gasteiger partial charge in [0.1, 0.15) is 23.7 Å². The van der Waals surface area contributed by atoms with E-state index in [9.17, 15) is 32.3 Å². The zero-order valence-corrected chi connectivity index (χ0v) is 19.8. The van der Waals surface area contributed by atoms with E-state index in [0.29, 0.717) is 16.9 Å². The van der Waals surface area contributed by atoms with Crippen LogP contribution in [0.5, 0.6) is 0 Å². The van der Waals surface area contributed by atoms with Gasteiger partial charge in [-0.2, -0.15) is 13.2 Å². The van der Waals surface area contributed by atoms with E-state index in [2.05, 4.69) is 10.6 Å². The first-order valence-corrected chi connectivity index (χ1v) is 11.2. The number of esters is 1. The van der Waals surface area contributed by atoms with Gasteiger partial charge in [-0.25, -0.2) is 4.39 Å². The van der Waals surface area contributed by atoms with Crippen LogP contribution in [0.1, 0.15) is 43.5 Å². The number of amides is 1. The minimum Gasteiger partial charge on any atom is -0.507 e. The maximum absolute atomic E-state index is 14.3. The number of nitrogens with zero attached hydrogens (tertiary/aromatic N) is 1. The highest BCUT2D eigenvalue weighted by molar-refractivity contribution is 6.05. The summed E-state index contributed by atoms with van der Waals surface area (Å²) in [5.41, 5.74) is -0.259. The van der Waals surface area contributed by atoms with Crippen LogP contribution in [-0.2, 0) is 20.5 Å². The Morgan fingerprint density at radius 1 is 1.17 bits per heavy atom. The fourth-order valence-corrected chi connectivity index (χ4v) is 4.30. The maximum Gasteiger partial charge on any atom is 0.416 e. The van der Waals surface area contributed by atoms with Crippen molar-refractivity contribution in [1.82, 2.24) is 5.32 Å². The molecule has 36 heavy (non-hydrogen) atoms. The Labute approximate surface area is 204 Å². The fourth-order valence-electron chi connectivity index (χ4n) is 4.30. The quantitative estimate of drug-likeness (QED) is 0.415. The van der Waals surface area contributed by atoms with Gasteiger partial charge in [0.05, 0.1) is 35.1 Å². The van der Waals surface area contributed by atoms with Crippen LogP contribution >= 0.6 is 0 Å². The smallest absolute Gasteiger partial charge is 0.416 e. The predicted molar refractivity (Wildman–Crippen MR) is 125 cm³/mol. The van der Waals surface area contributed by atoms with E-state index in [-0.39, 0.29) is 24.2 Å². The van der Waals surface area contributed by atoms with Gasteiger partial charge in [-0.1, -0.05) is 12.1 Å².